The number of amides is 2. The Hall–Kier alpha value is -3.39. The van der Waals surface area contributed by atoms with E-state index in [0.29, 0.717) is 48.5 Å². The van der Waals surface area contributed by atoms with Gasteiger partial charge in [-0.3, -0.25) is 19.0 Å². The van der Waals surface area contributed by atoms with Gasteiger partial charge in [-0.1, -0.05) is 30.7 Å². The predicted octanol–water partition coefficient (Wildman–Crippen LogP) is 2.99. The van der Waals surface area contributed by atoms with Crippen LogP contribution in [0, 0.1) is 0 Å². The number of nitrogens with one attached hydrogen (secondary N) is 1. The Morgan fingerprint density at radius 1 is 1.09 bits per heavy atom. The van der Waals surface area contributed by atoms with E-state index in [0.717, 1.165) is 11.3 Å². The molecule has 0 radical (unpaired) electrons. The average molecular weight is 482 g/mol. The highest BCUT2D eigenvalue weighted by molar-refractivity contribution is 6.30. The zero-order chi connectivity index (χ0) is 24.2. The molecule has 2 heterocycles. The molecular weight excluding hydrogens is 454 g/mol. The summed E-state index contributed by atoms with van der Waals surface area (Å²) in [5, 5.41) is 4.09. The summed E-state index contributed by atoms with van der Waals surface area (Å²) in [5.74, 6) is -0.188. The first-order valence-corrected chi connectivity index (χ1v) is 11.8. The Bertz CT molecular complexity index is 1250. The van der Waals surface area contributed by atoms with Gasteiger partial charge in [0.1, 0.15) is 6.54 Å². The molecule has 0 saturated carbocycles. The van der Waals surface area contributed by atoms with Gasteiger partial charge in [0.15, 0.2) is 0 Å². The topological polar surface area (TPSA) is 87.5 Å². The number of piperazine rings is 1. The van der Waals surface area contributed by atoms with Crippen LogP contribution in [0.2, 0.25) is 5.02 Å². The number of benzene rings is 2. The molecule has 0 aliphatic carbocycles. The monoisotopic (exact) mass is 481 g/mol. The maximum absolute atomic E-state index is 13.2. The van der Waals surface area contributed by atoms with E-state index < -0.39 is 0 Å². The highest BCUT2D eigenvalue weighted by Crippen LogP contribution is 2.21. The molecule has 1 N–H and O–H groups in total. The molecule has 0 bridgehead atoms. The van der Waals surface area contributed by atoms with Crippen LogP contribution in [0.1, 0.15) is 31.9 Å². The van der Waals surface area contributed by atoms with Gasteiger partial charge in [0, 0.05) is 43.8 Å². The number of rotatable bonds is 6. The van der Waals surface area contributed by atoms with E-state index in [9.17, 15) is 14.4 Å². The fourth-order valence-corrected chi connectivity index (χ4v) is 4.37. The van der Waals surface area contributed by atoms with Crippen molar-refractivity contribution in [3.8, 4) is 0 Å². The highest BCUT2D eigenvalue weighted by atomic mass is 35.5. The number of carbonyl (C=O) groups excluding carboxylic acids is 2. The van der Waals surface area contributed by atoms with Crippen LogP contribution in [0.3, 0.4) is 0 Å². The third-order valence-corrected chi connectivity index (χ3v) is 6.48. The van der Waals surface area contributed by atoms with Crippen molar-refractivity contribution in [1.82, 2.24) is 19.8 Å². The smallest absolute Gasteiger partial charge is 0.261 e. The van der Waals surface area contributed by atoms with Crippen LogP contribution < -0.4 is 15.8 Å². The molecule has 3 aromatic rings. The average Bonchev–Trinajstić information content (AvgIpc) is 2.85. The first-order chi connectivity index (χ1) is 16.4. The molecule has 0 unspecified atom stereocenters. The fourth-order valence-electron chi connectivity index (χ4n) is 4.25. The van der Waals surface area contributed by atoms with Crippen LogP contribution in [-0.4, -0.2) is 52.4 Å². The minimum absolute atomic E-state index is 0.0740. The van der Waals surface area contributed by atoms with Crippen molar-refractivity contribution >= 4 is 40.0 Å². The summed E-state index contributed by atoms with van der Waals surface area (Å²) in [6.45, 7) is 6.15. The lowest BCUT2D eigenvalue weighted by atomic mass is 10.0. The Morgan fingerprint density at radius 2 is 1.79 bits per heavy atom. The van der Waals surface area contributed by atoms with Crippen molar-refractivity contribution in [2.75, 3.05) is 31.1 Å². The summed E-state index contributed by atoms with van der Waals surface area (Å²) < 4.78 is 1.34. The van der Waals surface area contributed by atoms with Gasteiger partial charge in [0.05, 0.1) is 23.3 Å². The van der Waals surface area contributed by atoms with E-state index in [2.05, 4.69) is 15.2 Å². The van der Waals surface area contributed by atoms with Crippen LogP contribution in [0.25, 0.3) is 10.9 Å². The lowest BCUT2D eigenvalue weighted by Gasteiger charge is -2.35. The molecule has 1 aromatic heterocycles. The van der Waals surface area contributed by atoms with Crippen molar-refractivity contribution in [2.45, 2.75) is 32.9 Å². The van der Waals surface area contributed by atoms with Gasteiger partial charge in [-0.15, -0.1) is 0 Å². The Morgan fingerprint density at radius 3 is 2.44 bits per heavy atom. The van der Waals surface area contributed by atoms with Gasteiger partial charge in [-0.2, -0.15) is 0 Å². The third-order valence-electron chi connectivity index (χ3n) is 6.23. The van der Waals surface area contributed by atoms with Gasteiger partial charge in [-0.25, -0.2) is 4.98 Å². The molecule has 2 amide bonds. The van der Waals surface area contributed by atoms with Gasteiger partial charge in [0.25, 0.3) is 5.56 Å². The van der Waals surface area contributed by atoms with Crippen LogP contribution >= 0.6 is 11.6 Å². The van der Waals surface area contributed by atoms with Crippen molar-refractivity contribution in [2.24, 2.45) is 0 Å². The fraction of sp³-hybridized carbons (Fsp3) is 0.360. The lowest BCUT2D eigenvalue weighted by molar-refractivity contribution is -0.129. The molecule has 1 fully saturated rings. The first kappa shape index (κ1) is 23.8. The maximum Gasteiger partial charge on any atom is 0.261 e. The third kappa shape index (κ3) is 5.22. The van der Waals surface area contributed by atoms with E-state index in [1.807, 2.05) is 42.2 Å². The number of carbonyl (C=O) groups is 2. The number of anilines is 1. The van der Waals surface area contributed by atoms with E-state index >= 15 is 0 Å². The van der Waals surface area contributed by atoms with Gasteiger partial charge < -0.3 is 15.1 Å². The van der Waals surface area contributed by atoms with Crippen molar-refractivity contribution in [3.05, 3.63) is 69.7 Å². The van der Waals surface area contributed by atoms with Gasteiger partial charge in [-0.05, 0) is 42.3 Å². The Labute approximate surface area is 203 Å². The summed E-state index contributed by atoms with van der Waals surface area (Å²) in [6.07, 6.45) is 2.12. The summed E-state index contributed by atoms with van der Waals surface area (Å²) in [7, 11) is 0. The predicted molar refractivity (Wildman–Crippen MR) is 133 cm³/mol. The Balaban J connectivity index is 1.50. The molecule has 9 heteroatoms. The molecule has 1 saturated heterocycles. The molecule has 1 aliphatic rings. The number of hydrogen-bond donors (Lipinski definition) is 1. The number of hydrogen-bond acceptors (Lipinski definition) is 5. The Kier molecular flexibility index (Phi) is 7.17. The molecular formula is C25H28ClN5O3. The minimum Gasteiger partial charge on any atom is -0.368 e. The molecule has 34 heavy (non-hydrogen) atoms. The van der Waals surface area contributed by atoms with Gasteiger partial charge >= 0.3 is 0 Å². The molecule has 178 valence electrons. The largest absolute Gasteiger partial charge is 0.368 e. The molecule has 8 nitrogen and oxygen atoms in total. The normalized spacial score (nSPS) is 14.8. The van der Waals surface area contributed by atoms with Crippen molar-refractivity contribution in [1.29, 1.82) is 0 Å². The molecule has 1 aliphatic heterocycles. The van der Waals surface area contributed by atoms with E-state index in [1.165, 1.54) is 10.9 Å². The molecule has 2 aromatic carbocycles. The van der Waals surface area contributed by atoms with Crippen LogP contribution in [0.4, 0.5) is 5.69 Å². The maximum atomic E-state index is 13.2. The second kappa shape index (κ2) is 10.3. The standard InChI is InChI=1S/C25H28ClN5O3/c1-3-22(18-4-6-19(26)7-5-18)28-24(33)15-31-16-27-23-9-8-20(14-21(23)25(31)34)30-12-10-29(11-13-30)17(2)32/h4-9,14,16,22H,3,10-13,15H2,1-2H3,(H,28,33)/t22-/m1/s1. The zero-order valence-corrected chi connectivity index (χ0v) is 20.1. The summed E-state index contributed by atoms with van der Waals surface area (Å²) in [5.41, 5.74) is 2.19. The van der Waals surface area contributed by atoms with Crippen LogP contribution in [-0.2, 0) is 16.1 Å². The van der Waals surface area contributed by atoms with Crippen LogP contribution in [0.15, 0.2) is 53.6 Å². The zero-order valence-electron chi connectivity index (χ0n) is 19.3. The summed E-state index contributed by atoms with van der Waals surface area (Å²) in [4.78, 5) is 45.8. The number of nitrogens with zero attached hydrogens (tertiary/aromatic N) is 4. The van der Waals surface area contributed by atoms with E-state index in [1.54, 1.807) is 19.1 Å². The second-order valence-electron chi connectivity index (χ2n) is 8.45. The SMILES string of the molecule is CC[C@@H](NC(=O)Cn1cnc2ccc(N3CCN(C(C)=O)CC3)cc2c1=O)c1ccc(Cl)cc1. The first-order valence-electron chi connectivity index (χ1n) is 11.4. The van der Waals surface area contributed by atoms with E-state index in [-0.39, 0.29) is 30.0 Å². The number of aromatic nitrogens is 2. The van der Waals surface area contributed by atoms with Crippen molar-refractivity contribution in [3.63, 3.8) is 0 Å². The minimum atomic E-state index is -0.262. The van der Waals surface area contributed by atoms with Gasteiger partial charge in [0.2, 0.25) is 11.8 Å². The molecule has 0 spiro atoms. The summed E-state index contributed by atoms with van der Waals surface area (Å²) in [6, 6.07) is 12.8. The quantitative estimate of drug-likeness (QED) is 0.584. The molecule has 4 rings (SSSR count). The number of halogens is 1. The molecule has 1 atom stereocenters. The lowest BCUT2D eigenvalue weighted by Crippen LogP contribution is -2.48. The van der Waals surface area contributed by atoms with Crippen molar-refractivity contribution < 1.29 is 9.59 Å². The number of fused-ring (bicyclic) bond motifs is 1. The highest BCUT2D eigenvalue weighted by Gasteiger charge is 2.20. The van der Waals surface area contributed by atoms with E-state index in [4.69, 9.17) is 11.6 Å². The second-order valence-corrected chi connectivity index (χ2v) is 8.89. The van der Waals surface area contributed by atoms with Crippen LogP contribution in [0.5, 0.6) is 0 Å². The summed E-state index contributed by atoms with van der Waals surface area (Å²) >= 11 is 5.97.